The van der Waals surface area contributed by atoms with Crippen molar-refractivity contribution in [3.05, 3.63) is 76.6 Å². The van der Waals surface area contributed by atoms with Crippen molar-refractivity contribution in [2.75, 3.05) is 18.5 Å². The number of aryl methyl sites for hydroxylation is 1. The molecule has 0 bridgehead atoms. The quantitative estimate of drug-likeness (QED) is 0.298. The summed E-state index contributed by atoms with van der Waals surface area (Å²) in [5, 5.41) is 14.4. The van der Waals surface area contributed by atoms with E-state index in [0.717, 1.165) is 34.0 Å². The van der Waals surface area contributed by atoms with Gasteiger partial charge in [-0.2, -0.15) is 0 Å². The maximum Gasteiger partial charge on any atom is 0.337 e. The van der Waals surface area contributed by atoms with Crippen molar-refractivity contribution in [1.82, 2.24) is 9.55 Å². The topological polar surface area (TPSA) is 85.6 Å². The number of aromatic nitrogens is 2. The molecule has 0 radical (unpaired) electrons. The Balaban J connectivity index is 1.77. The lowest BCUT2D eigenvalue weighted by Gasteiger charge is -2.29. The number of ether oxygens (including phenoxy) is 2. The summed E-state index contributed by atoms with van der Waals surface area (Å²) in [6.45, 7) is 10.7. The van der Waals surface area contributed by atoms with Crippen molar-refractivity contribution < 1.29 is 28.2 Å². The highest BCUT2D eigenvalue weighted by Crippen LogP contribution is 2.44. The van der Waals surface area contributed by atoms with E-state index in [1.54, 1.807) is 6.92 Å². The molecule has 5 rings (SSSR count). The number of hydrogen-bond donors (Lipinski definition) is 2. The molecule has 0 spiro atoms. The molecule has 2 aromatic heterocycles. The highest BCUT2D eigenvalue weighted by Gasteiger charge is 2.33. The second-order valence-electron chi connectivity index (χ2n) is 10.8. The van der Waals surface area contributed by atoms with E-state index in [4.69, 9.17) is 14.5 Å². The Bertz CT molecular complexity index is 1590. The van der Waals surface area contributed by atoms with E-state index in [9.17, 15) is 18.7 Å². The SMILES string of the molecule is Cc1nc2c(ccn2Cc2ccc(F)c(F)c2)c(-c2ccc3c(c2C)NCCO3)c1[C@H](OC(C)(C)C)C(=O)O. The second-order valence-corrected chi connectivity index (χ2v) is 10.8. The minimum absolute atomic E-state index is 0.255. The minimum atomic E-state index is -1.27. The van der Waals surface area contributed by atoms with Gasteiger partial charge in [-0.15, -0.1) is 0 Å². The standard InChI is InChI=1S/C30H31F2N3O4/c1-16-19(7-9-23-26(16)33-11-13-38-23)25-20-10-12-35(15-18-6-8-21(31)22(32)14-18)28(20)34-17(2)24(25)27(29(36)37)39-30(3,4)5/h6-10,12,14,27,33H,11,13,15H2,1-5H3,(H,36,37)/t27-/m0/s1. The summed E-state index contributed by atoms with van der Waals surface area (Å²) < 4.78 is 41.2. The number of anilines is 1. The van der Waals surface area contributed by atoms with Gasteiger partial charge >= 0.3 is 5.97 Å². The molecule has 1 atom stereocenters. The van der Waals surface area contributed by atoms with E-state index in [1.165, 1.54) is 12.1 Å². The number of nitrogens with zero attached hydrogens (tertiary/aromatic N) is 2. The summed E-state index contributed by atoms with van der Waals surface area (Å²) in [6, 6.07) is 9.49. The van der Waals surface area contributed by atoms with Gasteiger partial charge in [0, 0.05) is 41.5 Å². The number of benzene rings is 2. The van der Waals surface area contributed by atoms with Crippen molar-refractivity contribution in [1.29, 1.82) is 0 Å². The van der Waals surface area contributed by atoms with Crippen LogP contribution in [0.1, 0.15) is 49.3 Å². The van der Waals surface area contributed by atoms with Crippen LogP contribution >= 0.6 is 0 Å². The number of pyridine rings is 1. The van der Waals surface area contributed by atoms with Crippen molar-refractivity contribution in [3.63, 3.8) is 0 Å². The summed E-state index contributed by atoms with van der Waals surface area (Å²) in [5.41, 5.74) is 4.69. The Morgan fingerprint density at radius 3 is 2.64 bits per heavy atom. The van der Waals surface area contributed by atoms with Gasteiger partial charge in [0.2, 0.25) is 0 Å². The fourth-order valence-corrected chi connectivity index (χ4v) is 5.12. The smallest absolute Gasteiger partial charge is 0.337 e. The van der Waals surface area contributed by atoms with Gasteiger partial charge in [0.05, 0.1) is 11.3 Å². The number of carbonyl (C=O) groups is 1. The molecule has 0 saturated carbocycles. The molecule has 39 heavy (non-hydrogen) atoms. The average Bonchev–Trinajstić information content (AvgIpc) is 3.26. The molecule has 0 aliphatic carbocycles. The van der Waals surface area contributed by atoms with Crippen LogP contribution in [0.5, 0.6) is 5.75 Å². The van der Waals surface area contributed by atoms with Crippen LogP contribution in [0.15, 0.2) is 42.6 Å². The maximum absolute atomic E-state index is 13.9. The Morgan fingerprint density at radius 1 is 1.18 bits per heavy atom. The van der Waals surface area contributed by atoms with Gasteiger partial charge < -0.3 is 24.5 Å². The lowest BCUT2D eigenvalue weighted by Crippen LogP contribution is -2.28. The van der Waals surface area contributed by atoms with E-state index in [1.807, 2.05) is 56.7 Å². The number of fused-ring (bicyclic) bond motifs is 2. The molecule has 0 saturated heterocycles. The van der Waals surface area contributed by atoms with E-state index in [0.29, 0.717) is 41.2 Å². The van der Waals surface area contributed by atoms with Crippen LogP contribution in [-0.4, -0.2) is 39.4 Å². The van der Waals surface area contributed by atoms with Crippen LogP contribution in [0.2, 0.25) is 0 Å². The molecular weight excluding hydrogens is 504 g/mol. The van der Waals surface area contributed by atoms with Crippen molar-refractivity contribution in [3.8, 4) is 16.9 Å². The lowest BCUT2D eigenvalue weighted by atomic mass is 9.89. The number of carboxylic acid groups (broad SMARTS) is 1. The number of aliphatic carboxylic acids is 1. The third kappa shape index (κ3) is 5.06. The van der Waals surface area contributed by atoms with Crippen LogP contribution in [0, 0.1) is 25.5 Å². The Morgan fingerprint density at radius 2 is 1.95 bits per heavy atom. The third-order valence-electron chi connectivity index (χ3n) is 6.79. The van der Waals surface area contributed by atoms with Crippen LogP contribution in [-0.2, 0) is 16.1 Å². The van der Waals surface area contributed by atoms with Crippen LogP contribution in [0.3, 0.4) is 0 Å². The molecule has 1 aliphatic rings. The van der Waals surface area contributed by atoms with E-state index in [2.05, 4.69) is 5.32 Å². The number of nitrogens with one attached hydrogen (secondary N) is 1. The monoisotopic (exact) mass is 535 g/mol. The number of carboxylic acids is 1. The minimum Gasteiger partial charge on any atom is -0.490 e. The Hall–Kier alpha value is -3.98. The van der Waals surface area contributed by atoms with Gasteiger partial charge in [-0.05, 0) is 75.6 Å². The highest BCUT2D eigenvalue weighted by atomic mass is 19.2. The summed E-state index contributed by atoms with van der Waals surface area (Å²) in [4.78, 5) is 17.4. The molecule has 2 N–H and O–H groups in total. The van der Waals surface area contributed by atoms with Gasteiger partial charge in [-0.25, -0.2) is 18.6 Å². The number of halogens is 2. The Labute approximate surface area is 225 Å². The largest absolute Gasteiger partial charge is 0.490 e. The zero-order valence-corrected chi connectivity index (χ0v) is 22.6. The van der Waals surface area contributed by atoms with Gasteiger partial charge in [0.25, 0.3) is 0 Å². The van der Waals surface area contributed by atoms with Crippen LogP contribution < -0.4 is 10.1 Å². The molecule has 7 nitrogen and oxygen atoms in total. The fraction of sp³-hybridized carbons (Fsp3) is 0.333. The Kier molecular flexibility index (Phi) is 6.80. The average molecular weight is 536 g/mol. The first-order valence-corrected chi connectivity index (χ1v) is 12.8. The van der Waals surface area contributed by atoms with Gasteiger partial charge in [0.15, 0.2) is 17.7 Å². The maximum atomic E-state index is 13.9. The zero-order chi connectivity index (χ0) is 28.1. The lowest BCUT2D eigenvalue weighted by molar-refractivity contribution is -0.160. The van der Waals surface area contributed by atoms with E-state index >= 15 is 0 Å². The molecule has 3 heterocycles. The molecule has 2 aromatic carbocycles. The predicted octanol–water partition coefficient (Wildman–Crippen LogP) is 6.39. The van der Waals surface area contributed by atoms with E-state index < -0.39 is 29.3 Å². The molecule has 0 unspecified atom stereocenters. The normalized spacial score (nSPS) is 14.0. The molecule has 9 heteroatoms. The van der Waals surface area contributed by atoms with Gasteiger partial charge in [0.1, 0.15) is 18.0 Å². The van der Waals surface area contributed by atoms with Gasteiger partial charge in [-0.1, -0.05) is 12.1 Å². The molecule has 4 aromatic rings. The number of rotatable bonds is 6. The summed E-state index contributed by atoms with van der Waals surface area (Å²) >= 11 is 0. The summed E-state index contributed by atoms with van der Waals surface area (Å²) in [6.07, 6.45) is 0.548. The third-order valence-corrected chi connectivity index (χ3v) is 6.79. The second kappa shape index (κ2) is 9.96. The van der Waals surface area contributed by atoms with Gasteiger partial charge in [-0.3, -0.25) is 0 Å². The van der Waals surface area contributed by atoms with Crippen molar-refractivity contribution >= 4 is 22.7 Å². The van der Waals surface area contributed by atoms with Crippen molar-refractivity contribution in [2.45, 2.75) is 52.9 Å². The summed E-state index contributed by atoms with van der Waals surface area (Å²) in [5.74, 6) is -2.20. The molecule has 0 fully saturated rings. The summed E-state index contributed by atoms with van der Waals surface area (Å²) in [7, 11) is 0. The van der Waals surface area contributed by atoms with E-state index in [-0.39, 0.29) is 6.54 Å². The zero-order valence-electron chi connectivity index (χ0n) is 22.6. The molecular formula is C30H31F2N3O4. The first-order valence-electron chi connectivity index (χ1n) is 12.8. The number of hydrogen-bond acceptors (Lipinski definition) is 5. The molecule has 204 valence electrons. The highest BCUT2D eigenvalue weighted by molar-refractivity contribution is 5.99. The molecule has 1 aliphatic heterocycles. The fourth-order valence-electron chi connectivity index (χ4n) is 5.12. The molecule has 0 amide bonds. The van der Waals surface area contributed by atoms with Crippen LogP contribution in [0.4, 0.5) is 14.5 Å². The van der Waals surface area contributed by atoms with Crippen molar-refractivity contribution in [2.24, 2.45) is 0 Å². The first-order chi connectivity index (χ1) is 18.4. The van der Waals surface area contributed by atoms with Crippen LogP contribution in [0.25, 0.3) is 22.2 Å². The predicted molar refractivity (Wildman–Crippen MR) is 145 cm³/mol. The first kappa shape index (κ1) is 26.6.